The van der Waals surface area contributed by atoms with Crippen molar-refractivity contribution in [1.29, 1.82) is 0 Å². The van der Waals surface area contributed by atoms with Gasteiger partial charge in [-0.15, -0.1) is 0 Å². The number of nitrogens with zero attached hydrogens (tertiary/aromatic N) is 1. The first-order chi connectivity index (χ1) is 8.65. The number of anilines is 1. The summed E-state index contributed by atoms with van der Waals surface area (Å²) < 4.78 is 12.7. The Kier molecular flexibility index (Phi) is 3.88. The molecule has 2 rings (SSSR count). The number of aromatic carboxylic acids is 1. The van der Waals surface area contributed by atoms with E-state index in [1.54, 1.807) is 12.1 Å². The highest BCUT2D eigenvalue weighted by atomic mass is 32.1. The minimum absolute atomic E-state index is 0.208. The summed E-state index contributed by atoms with van der Waals surface area (Å²) >= 11 is 1.10. The molecule has 1 heterocycles. The van der Waals surface area contributed by atoms with Crippen molar-refractivity contribution in [2.24, 2.45) is 0 Å². The quantitative estimate of drug-likeness (QED) is 0.873. The van der Waals surface area contributed by atoms with E-state index in [0.717, 1.165) is 23.3 Å². The van der Waals surface area contributed by atoms with Crippen molar-refractivity contribution in [2.75, 3.05) is 11.9 Å². The zero-order valence-electron chi connectivity index (χ0n) is 9.39. The minimum Gasteiger partial charge on any atom is -0.477 e. The second-order valence-electron chi connectivity index (χ2n) is 3.64. The molecule has 0 aliphatic heterocycles. The molecule has 0 spiro atoms. The van der Waals surface area contributed by atoms with Gasteiger partial charge in [-0.25, -0.2) is 14.2 Å². The molecular weight excluding hydrogens is 255 g/mol. The van der Waals surface area contributed by atoms with Crippen molar-refractivity contribution in [3.8, 4) is 0 Å². The molecule has 2 N–H and O–H groups in total. The molecule has 0 bridgehead atoms. The normalized spacial score (nSPS) is 10.3. The lowest BCUT2D eigenvalue weighted by Crippen LogP contribution is -2.04. The summed E-state index contributed by atoms with van der Waals surface area (Å²) in [6.45, 7) is 0.623. The summed E-state index contributed by atoms with van der Waals surface area (Å²) in [5, 5.41) is 12.3. The second-order valence-corrected chi connectivity index (χ2v) is 4.67. The molecular formula is C12H11FN2O2S. The van der Waals surface area contributed by atoms with Crippen LogP contribution in [0.2, 0.25) is 0 Å². The molecule has 4 nitrogen and oxygen atoms in total. The maximum absolute atomic E-state index is 12.7. The zero-order chi connectivity index (χ0) is 13.0. The van der Waals surface area contributed by atoms with Crippen LogP contribution in [0, 0.1) is 5.82 Å². The number of nitrogens with one attached hydrogen (secondary N) is 1. The highest BCUT2D eigenvalue weighted by molar-refractivity contribution is 7.17. The SMILES string of the molecule is O=C(O)c1cnc(NCCc2ccc(F)cc2)s1. The third-order valence-corrected chi connectivity index (χ3v) is 3.26. The van der Waals surface area contributed by atoms with E-state index in [-0.39, 0.29) is 10.7 Å². The Hall–Kier alpha value is -1.95. The second kappa shape index (κ2) is 5.59. The number of carboxylic acid groups (broad SMARTS) is 1. The number of carbonyl (C=O) groups is 1. The van der Waals surface area contributed by atoms with Crippen molar-refractivity contribution < 1.29 is 14.3 Å². The first kappa shape index (κ1) is 12.5. The molecule has 0 amide bonds. The Morgan fingerprint density at radius 2 is 2.11 bits per heavy atom. The Labute approximate surface area is 107 Å². The van der Waals surface area contributed by atoms with Gasteiger partial charge in [0.25, 0.3) is 0 Å². The maximum Gasteiger partial charge on any atom is 0.347 e. The van der Waals surface area contributed by atoms with E-state index >= 15 is 0 Å². The lowest BCUT2D eigenvalue weighted by Gasteiger charge is -2.02. The monoisotopic (exact) mass is 266 g/mol. The average Bonchev–Trinajstić information content (AvgIpc) is 2.81. The number of benzene rings is 1. The summed E-state index contributed by atoms with van der Waals surface area (Å²) in [5.41, 5.74) is 1.01. The fraction of sp³-hybridized carbons (Fsp3) is 0.167. The fourth-order valence-electron chi connectivity index (χ4n) is 1.42. The molecule has 0 saturated heterocycles. The molecule has 0 saturated carbocycles. The topological polar surface area (TPSA) is 62.2 Å². The van der Waals surface area contributed by atoms with Gasteiger partial charge in [0, 0.05) is 6.54 Å². The average molecular weight is 266 g/mol. The molecule has 18 heavy (non-hydrogen) atoms. The largest absolute Gasteiger partial charge is 0.477 e. The van der Waals surface area contributed by atoms with Crippen LogP contribution in [0.25, 0.3) is 0 Å². The van der Waals surface area contributed by atoms with E-state index in [9.17, 15) is 9.18 Å². The Balaban J connectivity index is 1.84. The number of hydrogen-bond donors (Lipinski definition) is 2. The van der Waals surface area contributed by atoms with Crippen LogP contribution in [-0.2, 0) is 6.42 Å². The lowest BCUT2D eigenvalue weighted by atomic mass is 10.1. The van der Waals surface area contributed by atoms with E-state index in [1.165, 1.54) is 18.3 Å². The molecule has 1 aromatic heterocycles. The van der Waals surface area contributed by atoms with Crippen LogP contribution in [0.4, 0.5) is 9.52 Å². The zero-order valence-corrected chi connectivity index (χ0v) is 10.2. The molecule has 0 aliphatic rings. The van der Waals surface area contributed by atoms with Gasteiger partial charge in [0.2, 0.25) is 0 Å². The van der Waals surface area contributed by atoms with Gasteiger partial charge in [0.1, 0.15) is 10.7 Å². The summed E-state index contributed by atoms with van der Waals surface area (Å²) in [6, 6.07) is 6.28. The van der Waals surface area contributed by atoms with E-state index < -0.39 is 5.97 Å². The van der Waals surface area contributed by atoms with Crippen molar-refractivity contribution in [2.45, 2.75) is 6.42 Å². The number of hydrogen-bond acceptors (Lipinski definition) is 4. The van der Waals surface area contributed by atoms with Gasteiger partial charge < -0.3 is 10.4 Å². The first-order valence-electron chi connectivity index (χ1n) is 5.32. The van der Waals surface area contributed by atoms with E-state index in [1.807, 2.05) is 0 Å². The molecule has 0 aliphatic carbocycles. The first-order valence-corrected chi connectivity index (χ1v) is 6.14. The Morgan fingerprint density at radius 1 is 1.39 bits per heavy atom. The highest BCUT2D eigenvalue weighted by Gasteiger charge is 2.07. The summed E-state index contributed by atoms with van der Waals surface area (Å²) in [4.78, 5) is 14.8. The molecule has 94 valence electrons. The summed E-state index contributed by atoms with van der Waals surface area (Å²) in [5.74, 6) is -1.23. The number of halogens is 1. The predicted molar refractivity (Wildman–Crippen MR) is 67.7 cm³/mol. The van der Waals surface area contributed by atoms with Crippen molar-refractivity contribution in [3.05, 3.63) is 46.7 Å². The van der Waals surface area contributed by atoms with Crippen LogP contribution < -0.4 is 5.32 Å². The smallest absolute Gasteiger partial charge is 0.347 e. The maximum atomic E-state index is 12.7. The Morgan fingerprint density at radius 3 is 2.72 bits per heavy atom. The third-order valence-electron chi connectivity index (χ3n) is 2.32. The van der Waals surface area contributed by atoms with Gasteiger partial charge in [0.05, 0.1) is 6.20 Å². The van der Waals surface area contributed by atoms with Crippen molar-refractivity contribution in [3.63, 3.8) is 0 Å². The van der Waals surface area contributed by atoms with Gasteiger partial charge in [-0.2, -0.15) is 0 Å². The van der Waals surface area contributed by atoms with Crippen molar-refractivity contribution >= 4 is 22.4 Å². The van der Waals surface area contributed by atoms with Crippen LogP contribution in [0.5, 0.6) is 0 Å². The van der Waals surface area contributed by atoms with Crippen LogP contribution >= 0.6 is 11.3 Å². The molecule has 1 aromatic carbocycles. The van der Waals surface area contributed by atoms with Gasteiger partial charge in [-0.1, -0.05) is 23.5 Å². The van der Waals surface area contributed by atoms with Gasteiger partial charge >= 0.3 is 5.97 Å². The summed E-state index contributed by atoms with van der Waals surface area (Å²) in [7, 11) is 0. The molecule has 0 unspecified atom stereocenters. The van der Waals surface area contributed by atoms with Crippen LogP contribution in [0.15, 0.2) is 30.5 Å². The number of thiazole rings is 1. The lowest BCUT2D eigenvalue weighted by molar-refractivity contribution is 0.0702. The molecule has 0 radical (unpaired) electrons. The number of aromatic nitrogens is 1. The predicted octanol–water partition coefficient (Wildman–Crippen LogP) is 2.64. The van der Waals surface area contributed by atoms with Gasteiger partial charge in [-0.3, -0.25) is 0 Å². The molecule has 2 aromatic rings. The molecule has 0 atom stereocenters. The van der Waals surface area contributed by atoms with E-state index in [4.69, 9.17) is 5.11 Å². The highest BCUT2D eigenvalue weighted by Crippen LogP contribution is 2.17. The number of rotatable bonds is 5. The number of carboxylic acids is 1. The summed E-state index contributed by atoms with van der Waals surface area (Å²) in [6.07, 6.45) is 2.05. The van der Waals surface area contributed by atoms with Crippen LogP contribution in [-0.4, -0.2) is 22.6 Å². The van der Waals surface area contributed by atoms with Crippen LogP contribution in [0.1, 0.15) is 15.2 Å². The van der Waals surface area contributed by atoms with Crippen molar-refractivity contribution in [1.82, 2.24) is 4.98 Å². The Bertz CT molecular complexity index is 539. The van der Waals surface area contributed by atoms with E-state index in [0.29, 0.717) is 11.7 Å². The van der Waals surface area contributed by atoms with E-state index in [2.05, 4.69) is 10.3 Å². The fourth-order valence-corrected chi connectivity index (χ4v) is 2.10. The minimum atomic E-state index is -0.973. The molecule has 0 fully saturated rings. The standard InChI is InChI=1S/C12H11FN2O2S/c13-9-3-1-8(2-4-9)5-6-14-12-15-7-10(18-12)11(16)17/h1-4,7H,5-6H2,(H,14,15)(H,16,17). The molecule has 6 heteroatoms. The van der Waals surface area contributed by atoms with Gasteiger partial charge in [-0.05, 0) is 24.1 Å². The third kappa shape index (κ3) is 3.27. The van der Waals surface area contributed by atoms with Crippen LogP contribution in [0.3, 0.4) is 0 Å². The van der Waals surface area contributed by atoms with Gasteiger partial charge in [0.15, 0.2) is 5.13 Å².